The van der Waals surface area contributed by atoms with E-state index in [4.69, 9.17) is 4.74 Å². The molecule has 110 valence electrons. The number of carbonyl (C=O) groups excluding carboxylic acids is 1. The van der Waals surface area contributed by atoms with Crippen LogP contribution >= 0.6 is 0 Å². The molecule has 0 spiro atoms. The van der Waals surface area contributed by atoms with Crippen LogP contribution in [0.5, 0.6) is 0 Å². The number of hydrogen-bond acceptors (Lipinski definition) is 4. The van der Waals surface area contributed by atoms with Crippen LogP contribution in [0, 0.1) is 5.92 Å². The van der Waals surface area contributed by atoms with Gasteiger partial charge in [0.25, 0.3) is 0 Å². The quantitative estimate of drug-likeness (QED) is 0.772. The first-order valence-corrected chi connectivity index (χ1v) is 7.65. The molecule has 0 aromatic rings. The van der Waals surface area contributed by atoms with Crippen molar-refractivity contribution in [2.45, 2.75) is 57.0 Å². The van der Waals surface area contributed by atoms with E-state index in [1.165, 1.54) is 26.5 Å². The van der Waals surface area contributed by atoms with E-state index in [1.807, 2.05) is 7.05 Å². The highest BCUT2D eigenvalue weighted by molar-refractivity contribution is 5.81. The van der Waals surface area contributed by atoms with Gasteiger partial charge in [-0.1, -0.05) is 6.42 Å². The molecule has 4 nitrogen and oxygen atoms in total. The van der Waals surface area contributed by atoms with Crippen molar-refractivity contribution in [3.8, 4) is 0 Å². The Morgan fingerprint density at radius 2 is 2.21 bits per heavy atom. The van der Waals surface area contributed by atoms with Crippen molar-refractivity contribution < 1.29 is 9.53 Å². The lowest BCUT2D eigenvalue weighted by Crippen LogP contribution is -2.54. The number of esters is 1. The van der Waals surface area contributed by atoms with Gasteiger partial charge in [0.2, 0.25) is 0 Å². The molecule has 2 aliphatic rings. The van der Waals surface area contributed by atoms with Crippen LogP contribution in [0.2, 0.25) is 0 Å². The third-order valence-corrected chi connectivity index (χ3v) is 5.27. The van der Waals surface area contributed by atoms with Crippen LogP contribution in [0.1, 0.15) is 45.4 Å². The number of ether oxygens (including phenoxy) is 1. The van der Waals surface area contributed by atoms with E-state index < -0.39 is 5.54 Å². The number of nitrogens with one attached hydrogen (secondary N) is 1. The molecule has 1 N–H and O–H groups in total. The fourth-order valence-corrected chi connectivity index (χ4v) is 4.00. The lowest BCUT2D eigenvalue weighted by Gasteiger charge is -2.34. The standard InChI is InChI=1S/C15H28N2O2/c1-12-6-5-10-17(12)11-8-13-7-4-9-15(13,16-2)14(18)19-3/h12-13,16H,4-11H2,1-3H3. The first-order chi connectivity index (χ1) is 9.14. The molecule has 3 atom stereocenters. The van der Waals surface area contributed by atoms with Crippen LogP contribution in [0.25, 0.3) is 0 Å². The summed E-state index contributed by atoms with van der Waals surface area (Å²) in [4.78, 5) is 14.7. The van der Waals surface area contributed by atoms with Crippen LogP contribution in [0.3, 0.4) is 0 Å². The van der Waals surface area contributed by atoms with Gasteiger partial charge in [-0.05, 0) is 65.1 Å². The van der Waals surface area contributed by atoms with Crippen molar-refractivity contribution >= 4 is 5.97 Å². The molecule has 4 heteroatoms. The molecule has 2 rings (SSSR count). The Kier molecular flexibility index (Phi) is 4.85. The second kappa shape index (κ2) is 6.23. The number of methoxy groups -OCH3 is 1. The molecular formula is C15H28N2O2. The Balaban J connectivity index is 1.96. The van der Waals surface area contributed by atoms with Gasteiger partial charge in [-0.25, -0.2) is 0 Å². The molecule has 2 fully saturated rings. The molecule has 0 aromatic carbocycles. The van der Waals surface area contributed by atoms with Crippen molar-refractivity contribution in [2.24, 2.45) is 5.92 Å². The van der Waals surface area contributed by atoms with Crippen LogP contribution in [0.4, 0.5) is 0 Å². The van der Waals surface area contributed by atoms with E-state index in [9.17, 15) is 4.79 Å². The fourth-order valence-electron chi connectivity index (χ4n) is 4.00. The Labute approximate surface area is 116 Å². The van der Waals surface area contributed by atoms with E-state index in [0.717, 1.165) is 32.2 Å². The van der Waals surface area contributed by atoms with E-state index >= 15 is 0 Å². The largest absolute Gasteiger partial charge is 0.468 e. The molecule has 1 saturated heterocycles. The third kappa shape index (κ3) is 2.79. The topological polar surface area (TPSA) is 41.6 Å². The highest BCUT2D eigenvalue weighted by Crippen LogP contribution is 2.39. The lowest BCUT2D eigenvalue weighted by molar-refractivity contribution is -0.150. The SMILES string of the molecule is CNC1(C(=O)OC)CCCC1CCN1CCCC1C. The number of nitrogens with zero attached hydrogens (tertiary/aromatic N) is 1. The van der Waals surface area contributed by atoms with E-state index in [-0.39, 0.29) is 5.97 Å². The maximum atomic E-state index is 12.1. The third-order valence-electron chi connectivity index (χ3n) is 5.27. The van der Waals surface area contributed by atoms with Gasteiger partial charge < -0.3 is 15.0 Å². The predicted octanol–water partition coefficient (Wildman–Crippen LogP) is 1.79. The van der Waals surface area contributed by atoms with Crippen molar-refractivity contribution in [3.05, 3.63) is 0 Å². The van der Waals surface area contributed by atoms with Crippen molar-refractivity contribution in [2.75, 3.05) is 27.2 Å². The summed E-state index contributed by atoms with van der Waals surface area (Å²) in [6, 6.07) is 0.712. The summed E-state index contributed by atoms with van der Waals surface area (Å²) in [7, 11) is 3.40. The average molecular weight is 268 g/mol. The zero-order valence-corrected chi connectivity index (χ0v) is 12.6. The molecule has 19 heavy (non-hydrogen) atoms. The molecule has 0 aromatic heterocycles. The zero-order chi connectivity index (χ0) is 13.9. The average Bonchev–Trinajstić information content (AvgIpc) is 3.02. The Hall–Kier alpha value is -0.610. The minimum Gasteiger partial charge on any atom is -0.468 e. The van der Waals surface area contributed by atoms with Gasteiger partial charge in [0.15, 0.2) is 0 Å². The van der Waals surface area contributed by atoms with E-state index in [2.05, 4.69) is 17.1 Å². The van der Waals surface area contributed by atoms with Gasteiger partial charge in [0.05, 0.1) is 7.11 Å². The molecule has 1 aliphatic carbocycles. The van der Waals surface area contributed by atoms with Gasteiger partial charge in [0, 0.05) is 6.04 Å². The monoisotopic (exact) mass is 268 g/mol. The minimum atomic E-state index is -0.433. The highest BCUT2D eigenvalue weighted by atomic mass is 16.5. The number of rotatable bonds is 5. The van der Waals surface area contributed by atoms with Gasteiger partial charge in [-0.3, -0.25) is 4.79 Å². The molecule has 1 aliphatic heterocycles. The molecule has 1 heterocycles. The summed E-state index contributed by atoms with van der Waals surface area (Å²) in [5.74, 6) is 0.338. The molecule has 3 unspecified atom stereocenters. The van der Waals surface area contributed by atoms with Crippen LogP contribution in [0.15, 0.2) is 0 Å². The van der Waals surface area contributed by atoms with Crippen LogP contribution in [-0.4, -0.2) is 49.7 Å². The maximum absolute atomic E-state index is 12.1. The second-order valence-electron chi connectivity index (χ2n) is 6.12. The summed E-state index contributed by atoms with van der Waals surface area (Å²) >= 11 is 0. The maximum Gasteiger partial charge on any atom is 0.326 e. The summed E-state index contributed by atoms with van der Waals surface area (Å²) in [5, 5.41) is 3.27. The minimum absolute atomic E-state index is 0.0769. The normalized spacial score (nSPS) is 35.7. The van der Waals surface area contributed by atoms with Crippen molar-refractivity contribution in [1.29, 1.82) is 0 Å². The van der Waals surface area contributed by atoms with Crippen molar-refractivity contribution in [1.82, 2.24) is 10.2 Å². The second-order valence-corrected chi connectivity index (χ2v) is 6.12. The Morgan fingerprint density at radius 3 is 2.79 bits per heavy atom. The molecular weight excluding hydrogens is 240 g/mol. The number of hydrogen-bond donors (Lipinski definition) is 1. The fraction of sp³-hybridized carbons (Fsp3) is 0.933. The van der Waals surface area contributed by atoms with Crippen LogP contribution in [-0.2, 0) is 9.53 Å². The summed E-state index contributed by atoms with van der Waals surface area (Å²) in [6.45, 7) is 4.65. The van der Waals surface area contributed by atoms with Gasteiger partial charge in [-0.15, -0.1) is 0 Å². The van der Waals surface area contributed by atoms with Crippen LogP contribution < -0.4 is 5.32 Å². The molecule has 0 bridgehead atoms. The summed E-state index contributed by atoms with van der Waals surface area (Å²) < 4.78 is 5.04. The summed E-state index contributed by atoms with van der Waals surface area (Å²) in [6.07, 6.45) is 6.91. The van der Waals surface area contributed by atoms with Gasteiger partial charge in [0.1, 0.15) is 5.54 Å². The smallest absolute Gasteiger partial charge is 0.326 e. The predicted molar refractivity (Wildman–Crippen MR) is 76.0 cm³/mol. The number of carbonyl (C=O) groups is 1. The molecule has 0 amide bonds. The first-order valence-electron chi connectivity index (χ1n) is 7.65. The first kappa shape index (κ1) is 14.8. The Morgan fingerprint density at radius 1 is 1.42 bits per heavy atom. The number of likely N-dealkylation sites (N-methyl/N-ethyl adjacent to an activating group) is 1. The summed E-state index contributed by atoms with van der Waals surface area (Å²) in [5.41, 5.74) is -0.433. The Bertz CT molecular complexity index is 321. The zero-order valence-electron chi connectivity index (χ0n) is 12.6. The van der Waals surface area contributed by atoms with Gasteiger partial charge >= 0.3 is 5.97 Å². The van der Waals surface area contributed by atoms with Gasteiger partial charge in [-0.2, -0.15) is 0 Å². The lowest BCUT2D eigenvalue weighted by atomic mass is 9.84. The van der Waals surface area contributed by atoms with Crippen molar-refractivity contribution in [3.63, 3.8) is 0 Å². The number of likely N-dealkylation sites (tertiary alicyclic amines) is 1. The molecule has 1 saturated carbocycles. The highest BCUT2D eigenvalue weighted by Gasteiger charge is 2.48. The van der Waals surface area contributed by atoms with E-state index in [0.29, 0.717) is 12.0 Å². The van der Waals surface area contributed by atoms with E-state index in [1.54, 1.807) is 0 Å². The molecule has 0 radical (unpaired) electrons.